The maximum absolute atomic E-state index is 10.6. The Morgan fingerprint density at radius 3 is 2.93 bits per heavy atom. The molecule has 0 unspecified atom stereocenters. The van der Waals surface area contributed by atoms with E-state index < -0.39 is 0 Å². The number of nitroso groups, excluding NO2 is 1. The van der Waals surface area contributed by atoms with Crippen LogP contribution >= 0.6 is 11.9 Å². The molecular weight excluding hydrogens is 204 g/mol. The highest BCUT2D eigenvalue weighted by molar-refractivity contribution is 6.10. The van der Waals surface area contributed by atoms with E-state index in [-0.39, 0.29) is 11.6 Å². The lowest BCUT2D eigenvalue weighted by molar-refractivity contribution is 0.599. The second kappa shape index (κ2) is 3.31. The molecule has 0 aliphatic carbocycles. The Kier molecular flexibility index (Phi) is 2.13. The first-order valence-electron chi connectivity index (χ1n) is 4.01. The minimum Gasteiger partial charge on any atom is -0.364 e. The molecule has 0 amide bonds. The Labute approximate surface area is 85.0 Å². The van der Waals surface area contributed by atoms with Gasteiger partial charge in [-0.05, 0) is 17.7 Å². The molecule has 1 heterocycles. The van der Waals surface area contributed by atoms with E-state index in [1.165, 1.54) is 0 Å². The summed E-state index contributed by atoms with van der Waals surface area (Å²) in [6.45, 7) is 1.92. The van der Waals surface area contributed by atoms with Gasteiger partial charge < -0.3 is 9.27 Å². The van der Waals surface area contributed by atoms with E-state index >= 15 is 0 Å². The van der Waals surface area contributed by atoms with Crippen LogP contribution in [0.3, 0.4) is 0 Å². The van der Waals surface area contributed by atoms with Crippen LogP contribution in [0.5, 0.6) is 5.88 Å². The highest BCUT2D eigenvalue weighted by atomic mass is 35.5. The first-order chi connectivity index (χ1) is 6.77. The maximum Gasteiger partial charge on any atom is 0.245 e. The Morgan fingerprint density at radius 2 is 2.29 bits per heavy atom. The first kappa shape index (κ1) is 9.02. The fourth-order valence-electron chi connectivity index (χ4n) is 1.47. The third kappa shape index (κ3) is 1.15. The van der Waals surface area contributed by atoms with Gasteiger partial charge in [0.1, 0.15) is 11.9 Å². The van der Waals surface area contributed by atoms with Gasteiger partial charge in [-0.25, -0.2) is 0 Å². The van der Waals surface area contributed by atoms with E-state index in [4.69, 9.17) is 11.9 Å². The summed E-state index contributed by atoms with van der Waals surface area (Å²) in [5.74, 6) is 0.186. The van der Waals surface area contributed by atoms with Crippen molar-refractivity contribution in [2.75, 3.05) is 0 Å². The number of fused-ring (bicyclic) bond motifs is 1. The van der Waals surface area contributed by atoms with Crippen LogP contribution in [0.15, 0.2) is 23.4 Å². The SMILES string of the molecule is Cc1cccc2c(N=O)c(OCl)[nH]c12. The smallest absolute Gasteiger partial charge is 0.245 e. The van der Waals surface area contributed by atoms with Crippen molar-refractivity contribution in [2.24, 2.45) is 5.18 Å². The number of aromatic nitrogens is 1. The number of H-pyrrole nitrogens is 1. The molecule has 5 heteroatoms. The van der Waals surface area contributed by atoms with Crippen LogP contribution in [-0.4, -0.2) is 4.98 Å². The summed E-state index contributed by atoms with van der Waals surface area (Å²) in [7, 11) is 0. The van der Waals surface area contributed by atoms with Gasteiger partial charge in [-0.2, -0.15) is 0 Å². The predicted octanol–water partition coefficient (Wildman–Crippen LogP) is 3.41. The fourth-order valence-corrected chi connectivity index (χ4v) is 1.58. The van der Waals surface area contributed by atoms with Crippen molar-refractivity contribution < 1.29 is 4.29 Å². The topological polar surface area (TPSA) is 54.4 Å². The van der Waals surface area contributed by atoms with Crippen molar-refractivity contribution in [1.29, 1.82) is 0 Å². The third-order valence-electron chi connectivity index (χ3n) is 2.15. The summed E-state index contributed by atoms with van der Waals surface area (Å²) >= 11 is 5.20. The molecule has 0 spiro atoms. The van der Waals surface area contributed by atoms with Crippen molar-refractivity contribution in [3.63, 3.8) is 0 Å². The van der Waals surface area contributed by atoms with Crippen molar-refractivity contribution in [3.8, 4) is 5.88 Å². The molecule has 0 aliphatic rings. The second-order valence-corrected chi connectivity index (χ2v) is 3.12. The Morgan fingerprint density at radius 1 is 1.50 bits per heavy atom. The van der Waals surface area contributed by atoms with Crippen molar-refractivity contribution >= 4 is 28.5 Å². The zero-order chi connectivity index (χ0) is 10.1. The van der Waals surface area contributed by atoms with Crippen LogP contribution in [-0.2, 0) is 0 Å². The van der Waals surface area contributed by atoms with E-state index in [9.17, 15) is 4.91 Å². The lowest BCUT2D eigenvalue weighted by Crippen LogP contribution is -1.75. The van der Waals surface area contributed by atoms with Gasteiger partial charge in [0, 0.05) is 5.39 Å². The van der Waals surface area contributed by atoms with Gasteiger partial charge in [-0.3, -0.25) is 0 Å². The number of para-hydroxylation sites is 1. The van der Waals surface area contributed by atoms with Gasteiger partial charge in [0.25, 0.3) is 0 Å². The third-order valence-corrected chi connectivity index (χ3v) is 2.30. The zero-order valence-electron chi connectivity index (χ0n) is 7.37. The molecule has 1 N–H and O–H groups in total. The molecule has 2 rings (SSSR count). The molecule has 72 valence electrons. The summed E-state index contributed by atoms with van der Waals surface area (Å²) in [6.07, 6.45) is 0. The lowest BCUT2D eigenvalue weighted by atomic mass is 10.1. The quantitative estimate of drug-likeness (QED) is 0.773. The summed E-state index contributed by atoms with van der Waals surface area (Å²) < 4.78 is 4.50. The highest BCUT2D eigenvalue weighted by Crippen LogP contribution is 2.37. The van der Waals surface area contributed by atoms with Gasteiger partial charge in [0.2, 0.25) is 5.88 Å². The number of nitrogens with one attached hydrogen (secondary N) is 1. The number of aromatic amines is 1. The van der Waals surface area contributed by atoms with Crippen LogP contribution < -0.4 is 4.29 Å². The number of halogens is 1. The molecule has 2 aromatic rings. The van der Waals surface area contributed by atoms with Crippen LogP contribution in [0.4, 0.5) is 5.69 Å². The summed E-state index contributed by atoms with van der Waals surface area (Å²) in [5, 5.41) is 3.60. The number of nitrogens with zero attached hydrogens (tertiary/aromatic N) is 1. The molecule has 0 atom stereocenters. The predicted molar refractivity (Wildman–Crippen MR) is 55.0 cm³/mol. The van der Waals surface area contributed by atoms with E-state index in [2.05, 4.69) is 14.5 Å². The van der Waals surface area contributed by atoms with E-state index in [1.807, 2.05) is 19.1 Å². The molecule has 0 radical (unpaired) electrons. The summed E-state index contributed by atoms with van der Waals surface area (Å²) in [4.78, 5) is 13.4. The molecule has 1 aromatic heterocycles. The summed E-state index contributed by atoms with van der Waals surface area (Å²) in [5.41, 5.74) is 2.03. The fraction of sp³-hybridized carbons (Fsp3) is 0.111. The number of aryl methyl sites for hydroxylation is 1. The van der Waals surface area contributed by atoms with Gasteiger partial charge >= 0.3 is 0 Å². The van der Waals surface area contributed by atoms with E-state index in [0.717, 1.165) is 16.5 Å². The van der Waals surface area contributed by atoms with Gasteiger partial charge in [-0.1, -0.05) is 18.2 Å². The molecule has 0 bridgehead atoms. The van der Waals surface area contributed by atoms with Crippen LogP contribution in [0.25, 0.3) is 10.9 Å². The Balaban J connectivity index is 2.86. The Hall–Kier alpha value is -1.55. The number of rotatable bonds is 2. The second-order valence-electron chi connectivity index (χ2n) is 2.97. The molecular formula is C9H7ClN2O2. The van der Waals surface area contributed by atoms with Gasteiger partial charge in [0.05, 0.1) is 5.52 Å². The standard InChI is InChI=1S/C9H7ClN2O2/c1-5-3-2-4-6-7(5)11-9(14-10)8(6)12-13/h2-4,11H,1H3. The summed E-state index contributed by atoms with van der Waals surface area (Å²) in [6, 6.07) is 5.55. The molecule has 0 saturated heterocycles. The largest absolute Gasteiger partial charge is 0.364 e. The number of hydrogen-bond donors (Lipinski definition) is 1. The average Bonchev–Trinajstić information content (AvgIpc) is 2.57. The van der Waals surface area contributed by atoms with Crippen molar-refractivity contribution in [1.82, 2.24) is 4.98 Å². The molecule has 0 saturated carbocycles. The van der Waals surface area contributed by atoms with E-state index in [0.29, 0.717) is 0 Å². The Bertz CT molecular complexity index is 493. The zero-order valence-corrected chi connectivity index (χ0v) is 8.13. The normalized spacial score (nSPS) is 10.4. The van der Waals surface area contributed by atoms with E-state index in [1.54, 1.807) is 6.07 Å². The first-order valence-corrected chi connectivity index (χ1v) is 4.32. The van der Waals surface area contributed by atoms with Crippen LogP contribution in [0.1, 0.15) is 5.56 Å². The minimum absolute atomic E-state index is 0.186. The molecule has 14 heavy (non-hydrogen) atoms. The van der Waals surface area contributed by atoms with Crippen LogP contribution in [0, 0.1) is 11.8 Å². The van der Waals surface area contributed by atoms with Crippen molar-refractivity contribution in [2.45, 2.75) is 6.92 Å². The average molecular weight is 211 g/mol. The molecule has 1 aromatic carbocycles. The highest BCUT2D eigenvalue weighted by Gasteiger charge is 2.14. The number of benzene rings is 1. The van der Waals surface area contributed by atoms with Gasteiger partial charge in [0.15, 0.2) is 5.69 Å². The van der Waals surface area contributed by atoms with Gasteiger partial charge in [-0.15, -0.1) is 4.91 Å². The monoisotopic (exact) mass is 210 g/mol. The lowest BCUT2D eigenvalue weighted by Gasteiger charge is -1.92. The number of hydrogen-bond acceptors (Lipinski definition) is 3. The maximum atomic E-state index is 10.6. The molecule has 4 nitrogen and oxygen atoms in total. The van der Waals surface area contributed by atoms with Crippen LogP contribution in [0.2, 0.25) is 0 Å². The molecule has 0 aliphatic heterocycles. The minimum atomic E-state index is 0.186. The molecule has 0 fully saturated rings. The van der Waals surface area contributed by atoms with Crippen molar-refractivity contribution in [3.05, 3.63) is 28.7 Å².